The van der Waals surface area contributed by atoms with E-state index >= 15 is 0 Å². The van der Waals surface area contributed by atoms with Crippen molar-refractivity contribution in [3.05, 3.63) is 83.2 Å². The molecule has 0 bridgehead atoms. The third-order valence-electron chi connectivity index (χ3n) is 4.44. The Morgan fingerprint density at radius 1 is 0.957 bits per heavy atom. The average molecular weight is 301 g/mol. The molecular formula is C20H19N3. The zero-order chi connectivity index (χ0) is 15.8. The highest BCUT2D eigenvalue weighted by Gasteiger charge is 2.34. The van der Waals surface area contributed by atoms with Gasteiger partial charge in [-0.25, -0.2) is 9.97 Å². The summed E-state index contributed by atoms with van der Waals surface area (Å²) in [4.78, 5) is 11.3. The van der Waals surface area contributed by atoms with Crippen molar-refractivity contribution in [2.45, 2.75) is 26.3 Å². The van der Waals surface area contributed by atoms with Crippen molar-refractivity contribution in [1.29, 1.82) is 0 Å². The van der Waals surface area contributed by atoms with Gasteiger partial charge in [-0.3, -0.25) is 0 Å². The number of rotatable bonds is 2. The Kier molecular flexibility index (Phi) is 3.34. The van der Waals surface area contributed by atoms with Crippen LogP contribution >= 0.6 is 0 Å². The maximum Gasteiger partial charge on any atom is 0.230 e. The molecular weight excluding hydrogens is 282 g/mol. The van der Waals surface area contributed by atoms with Crippen LogP contribution in [0.4, 0.5) is 11.6 Å². The second-order valence-electron chi connectivity index (χ2n) is 6.14. The highest BCUT2D eigenvalue weighted by atomic mass is 15.3. The van der Waals surface area contributed by atoms with Crippen molar-refractivity contribution in [2.24, 2.45) is 0 Å². The molecule has 3 aromatic rings. The molecule has 2 heterocycles. The zero-order valence-electron chi connectivity index (χ0n) is 13.4. The fourth-order valence-corrected chi connectivity index (χ4v) is 3.60. The van der Waals surface area contributed by atoms with Crippen molar-refractivity contribution in [3.8, 4) is 0 Å². The van der Waals surface area contributed by atoms with Gasteiger partial charge in [-0.1, -0.05) is 48.0 Å². The van der Waals surface area contributed by atoms with Crippen LogP contribution in [0.3, 0.4) is 0 Å². The first kappa shape index (κ1) is 13.9. The molecule has 0 radical (unpaired) electrons. The summed E-state index contributed by atoms with van der Waals surface area (Å²) in [5, 5.41) is 0. The van der Waals surface area contributed by atoms with Crippen LogP contribution in [-0.4, -0.2) is 9.97 Å². The fourth-order valence-electron chi connectivity index (χ4n) is 3.60. The molecule has 0 saturated carbocycles. The third-order valence-corrected chi connectivity index (χ3v) is 4.44. The van der Waals surface area contributed by atoms with E-state index in [0.29, 0.717) is 0 Å². The Labute approximate surface area is 136 Å². The molecule has 1 atom stereocenters. The van der Waals surface area contributed by atoms with Gasteiger partial charge in [-0.2, -0.15) is 0 Å². The lowest BCUT2D eigenvalue weighted by molar-refractivity contribution is 0.724. The molecule has 0 spiro atoms. The zero-order valence-corrected chi connectivity index (χ0v) is 13.4. The smallest absolute Gasteiger partial charge is 0.230 e. The molecule has 0 fully saturated rings. The minimum Gasteiger partial charge on any atom is -0.302 e. The minimum absolute atomic E-state index is 0.245. The van der Waals surface area contributed by atoms with E-state index in [4.69, 9.17) is 0 Å². The molecule has 23 heavy (non-hydrogen) atoms. The molecule has 4 rings (SSSR count). The van der Waals surface area contributed by atoms with Crippen molar-refractivity contribution in [2.75, 3.05) is 4.90 Å². The molecule has 114 valence electrons. The Hall–Kier alpha value is -2.68. The summed E-state index contributed by atoms with van der Waals surface area (Å²) >= 11 is 0. The molecule has 1 aliphatic rings. The van der Waals surface area contributed by atoms with E-state index in [1.165, 1.54) is 27.9 Å². The van der Waals surface area contributed by atoms with Gasteiger partial charge in [0.1, 0.15) is 0 Å². The van der Waals surface area contributed by atoms with Gasteiger partial charge in [0.2, 0.25) is 5.95 Å². The Balaban J connectivity index is 1.90. The number of hydrogen-bond acceptors (Lipinski definition) is 3. The summed E-state index contributed by atoms with van der Waals surface area (Å²) in [7, 11) is 0. The van der Waals surface area contributed by atoms with Crippen LogP contribution < -0.4 is 4.90 Å². The van der Waals surface area contributed by atoms with E-state index < -0.39 is 0 Å². The summed E-state index contributed by atoms with van der Waals surface area (Å²) in [5.74, 6) is 0.770. The molecule has 3 nitrogen and oxygen atoms in total. The van der Waals surface area contributed by atoms with E-state index in [9.17, 15) is 0 Å². The van der Waals surface area contributed by atoms with Gasteiger partial charge in [0.25, 0.3) is 0 Å². The summed E-state index contributed by atoms with van der Waals surface area (Å²) in [6.07, 6.45) is 4.61. The summed E-state index contributed by atoms with van der Waals surface area (Å²) in [6.45, 7) is 4.33. The van der Waals surface area contributed by atoms with Crippen molar-refractivity contribution >= 4 is 11.6 Å². The van der Waals surface area contributed by atoms with Gasteiger partial charge in [0.15, 0.2) is 0 Å². The number of nitrogens with zero attached hydrogens (tertiary/aromatic N) is 3. The molecule has 2 aromatic carbocycles. The maximum absolute atomic E-state index is 4.51. The highest BCUT2D eigenvalue weighted by molar-refractivity contribution is 5.72. The number of aromatic nitrogens is 2. The van der Waals surface area contributed by atoms with E-state index in [-0.39, 0.29) is 6.04 Å². The van der Waals surface area contributed by atoms with Crippen LogP contribution in [0.2, 0.25) is 0 Å². The molecule has 1 aromatic heterocycles. The van der Waals surface area contributed by atoms with E-state index in [0.717, 1.165) is 12.4 Å². The summed E-state index contributed by atoms with van der Waals surface area (Å²) in [5.41, 5.74) is 6.53. The minimum atomic E-state index is 0.245. The monoisotopic (exact) mass is 301 g/mol. The molecule has 0 N–H and O–H groups in total. The first-order valence-electron chi connectivity index (χ1n) is 7.95. The highest BCUT2D eigenvalue weighted by Crippen LogP contribution is 2.46. The van der Waals surface area contributed by atoms with Crippen LogP contribution in [0.5, 0.6) is 0 Å². The Morgan fingerprint density at radius 3 is 2.43 bits per heavy atom. The van der Waals surface area contributed by atoms with Crippen molar-refractivity contribution in [1.82, 2.24) is 9.97 Å². The molecule has 1 unspecified atom stereocenters. The fraction of sp³-hybridized carbons (Fsp3) is 0.200. The van der Waals surface area contributed by atoms with Gasteiger partial charge >= 0.3 is 0 Å². The van der Waals surface area contributed by atoms with Crippen LogP contribution in [0.25, 0.3) is 0 Å². The van der Waals surface area contributed by atoms with E-state index in [1.54, 1.807) is 0 Å². The number of hydrogen-bond donors (Lipinski definition) is 0. The second kappa shape index (κ2) is 5.51. The van der Waals surface area contributed by atoms with Crippen LogP contribution in [-0.2, 0) is 6.42 Å². The van der Waals surface area contributed by atoms with Crippen LogP contribution in [0, 0.1) is 13.8 Å². The first-order chi connectivity index (χ1) is 11.2. The Bertz CT molecular complexity index is 828. The quantitative estimate of drug-likeness (QED) is 0.696. The van der Waals surface area contributed by atoms with E-state index in [1.807, 2.05) is 18.5 Å². The largest absolute Gasteiger partial charge is 0.302 e. The predicted molar refractivity (Wildman–Crippen MR) is 93.0 cm³/mol. The molecule has 0 aliphatic carbocycles. The number of benzene rings is 2. The maximum atomic E-state index is 4.51. The van der Waals surface area contributed by atoms with Crippen molar-refractivity contribution in [3.63, 3.8) is 0 Å². The summed E-state index contributed by atoms with van der Waals surface area (Å²) in [6, 6.07) is 17.3. The van der Waals surface area contributed by atoms with Gasteiger partial charge < -0.3 is 4.90 Å². The SMILES string of the molecule is Cc1cc(C)c2c(c1)CC(c1ccccc1)N2c1ncccn1. The average Bonchev–Trinajstić information content (AvgIpc) is 2.96. The van der Waals surface area contributed by atoms with Gasteiger partial charge in [-0.15, -0.1) is 0 Å². The number of fused-ring (bicyclic) bond motifs is 1. The number of aryl methyl sites for hydroxylation is 2. The molecule has 3 heteroatoms. The second-order valence-corrected chi connectivity index (χ2v) is 6.14. The third kappa shape index (κ3) is 2.38. The standard InChI is InChI=1S/C20H19N3/c1-14-11-15(2)19-17(12-14)13-18(16-7-4-3-5-8-16)23(19)20-21-9-6-10-22-20/h3-12,18H,13H2,1-2H3. The van der Waals surface area contributed by atoms with Gasteiger partial charge in [-0.05, 0) is 43.0 Å². The van der Waals surface area contributed by atoms with Gasteiger partial charge in [0.05, 0.1) is 11.7 Å². The molecule has 0 amide bonds. The van der Waals surface area contributed by atoms with E-state index in [2.05, 4.69) is 71.2 Å². The lowest BCUT2D eigenvalue weighted by Gasteiger charge is -2.27. The molecule has 0 saturated heterocycles. The van der Waals surface area contributed by atoms with Crippen LogP contribution in [0.15, 0.2) is 60.9 Å². The normalized spacial score (nSPS) is 16.4. The van der Waals surface area contributed by atoms with Crippen LogP contribution in [0.1, 0.15) is 28.3 Å². The lowest BCUT2D eigenvalue weighted by atomic mass is 10.0. The Morgan fingerprint density at radius 2 is 1.70 bits per heavy atom. The first-order valence-corrected chi connectivity index (χ1v) is 7.95. The predicted octanol–water partition coefficient (Wildman–Crippen LogP) is 4.53. The van der Waals surface area contributed by atoms with Gasteiger partial charge in [0, 0.05) is 12.4 Å². The topological polar surface area (TPSA) is 29.0 Å². The van der Waals surface area contributed by atoms with Crippen molar-refractivity contribution < 1.29 is 0 Å². The lowest BCUT2D eigenvalue weighted by Crippen LogP contribution is -2.22. The number of anilines is 2. The summed E-state index contributed by atoms with van der Waals surface area (Å²) < 4.78 is 0. The molecule has 1 aliphatic heterocycles.